The molecule has 0 unspecified atom stereocenters. The monoisotopic (exact) mass is 436 g/mol. The second kappa shape index (κ2) is 7.29. The van der Waals surface area contributed by atoms with E-state index in [1.54, 1.807) is 0 Å². The van der Waals surface area contributed by atoms with E-state index in [0.29, 0.717) is 11.0 Å². The molecule has 0 saturated carbocycles. The zero-order valence-electron chi connectivity index (χ0n) is 18.4. The Bertz CT molecular complexity index is 1790. The van der Waals surface area contributed by atoms with Crippen LogP contribution >= 0.6 is 0 Å². The van der Waals surface area contributed by atoms with Crippen LogP contribution in [0, 0.1) is 0 Å². The highest BCUT2D eigenvalue weighted by atomic mass is 16.4. The van der Waals surface area contributed by atoms with Crippen molar-refractivity contribution in [3.05, 3.63) is 131 Å². The maximum absolute atomic E-state index is 12.5. The van der Waals surface area contributed by atoms with Crippen LogP contribution in [0.2, 0.25) is 0 Å². The van der Waals surface area contributed by atoms with E-state index in [0.717, 1.165) is 28.3 Å². The van der Waals surface area contributed by atoms with E-state index < -0.39 is 0 Å². The predicted molar refractivity (Wildman–Crippen MR) is 139 cm³/mol. The van der Waals surface area contributed by atoms with E-state index in [1.807, 2.05) is 36.4 Å². The Kier molecular flexibility index (Phi) is 4.09. The van der Waals surface area contributed by atoms with Crippen LogP contribution < -0.4 is 5.63 Å². The van der Waals surface area contributed by atoms with Crippen LogP contribution in [-0.4, -0.2) is 0 Å². The van der Waals surface area contributed by atoms with Crippen LogP contribution in [-0.2, 0) is 6.42 Å². The van der Waals surface area contributed by atoms with Crippen LogP contribution in [0.3, 0.4) is 0 Å². The van der Waals surface area contributed by atoms with Gasteiger partial charge in [-0.05, 0) is 74.5 Å². The van der Waals surface area contributed by atoms with Gasteiger partial charge in [-0.25, -0.2) is 4.79 Å². The average Bonchev–Trinajstić information content (AvgIpc) is 3.28. The fourth-order valence-electron chi connectivity index (χ4n) is 5.33. The van der Waals surface area contributed by atoms with E-state index in [2.05, 4.69) is 72.8 Å². The van der Waals surface area contributed by atoms with Gasteiger partial charge in [0.05, 0.1) is 5.39 Å². The minimum atomic E-state index is -0.297. The molecule has 2 heteroatoms. The maximum Gasteiger partial charge on any atom is 0.344 e. The van der Waals surface area contributed by atoms with E-state index >= 15 is 0 Å². The standard InChI is InChI=1S/C32H20O2/c33-32-29-9-4-3-8-27(29)28-17-16-22(19-31(28)34-32)20-12-14-21(15-13-20)24-10-5-11-26-25-7-2-1-6-23(25)18-30(24)26/h1-17,19H,18H2. The number of fused-ring (bicyclic) bond motifs is 6. The van der Waals surface area contributed by atoms with Gasteiger partial charge >= 0.3 is 5.63 Å². The van der Waals surface area contributed by atoms with Crippen molar-refractivity contribution in [2.75, 3.05) is 0 Å². The molecule has 1 aromatic heterocycles. The molecule has 5 aromatic carbocycles. The molecule has 1 aliphatic carbocycles. The molecule has 1 aliphatic rings. The summed E-state index contributed by atoms with van der Waals surface area (Å²) >= 11 is 0. The van der Waals surface area contributed by atoms with Gasteiger partial charge in [-0.15, -0.1) is 0 Å². The predicted octanol–water partition coefficient (Wildman–Crippen LogP) is 7.85. The summed E-state index contributed by atoms with van der Waals surface area (Å²) in [5, 5.41) is 2.49. The lowest BCUT2D eigenvalue weighted by molar-refractivity contribution is 0.570. The number of hydrogen-bond donors (Lipinski definition) is 0. The largest absolute Gasteiger partial charge is 0.422 e. The first-order valence-corrected chi connectivity index (χ1v) is 11.5. The summed E-state index contributed by atoms with van der Waals surface area (Å²) in [6.07, 6.45) is 0.973. The zero-order valence-corrected chi connectivity index (χ0v) is 18.4. The van der Waals surface area contributed by atoms with Crippen molar-refractivity contribution >= 4 is 21.7 Å². The molecule has 0 aliphatic heterocycles. The Morgan fingerprint density at radius 3 is 2.09 bits per heavy atom. The van der Waals surface area contributed by atoms with Gasteiger partial charge < -0.3 is 4.42 Å². The van der Waals surface area contributed by atoms with E-state index in [9.17, 15) is 4.79 Å². The van der Waals surface area contributed by atoms with Gasteiger partial charge in [0.15, 0.2) is 0 Å². The minimum Gasteiger partial charge on any atom is -0.422 e. The molecule has 0 spiro atoms. The molecule has 2 nitrogen and oxygen atoms in total. The molecule has 0 N–H and O–H groups in total. The van der Waals surface area contributed by atoms with Crippen molar-refractivity contribution < 1.29 is 4.42 Å². The summed E-state index contributed by atoms with van der Waals surface area (Å²) in [7, 11) is 0. The second-order valence-electron chi connectivity index (χ2n) is 8.89. The fourth-order valence-corrected chi connectivity index (χ4v) is 5.33. The van der Waals surface area contributed by atoms with E-state index in [1.165, 1.54) is 33.4 Å². The quantitative estimate of drug-likeness (QED) is 0.204. The molecule has 1 heterocycles. The summed E-state index contributed by atoms with van der Waals surface area (Å²) in [6, 6.07) is 37.7. The zero-order chi connectivity index (χ0) is 22.6. The summed E-state index contributed by atoms with van der Waals surface area (Å²) < 4.78 is 5.66. The summed E-state index contributed by atoms with van der Waals surface area (Å²) in [6.45, 7) is 0. The van der Waals surface area contributed by atoms with Crippen molar-refractivity contribution in [2.45, 2.75) is 6.42 Å². The molecule has 6 aromatic rings. The molecule has 160 valence electrons. The summed E-state index contributed by atoms with van der Waals surface area (Å²) in [4.78, 5) is 12.5. The molecule has 0 radical (unpaired) electrons. The molecular weight excluding hydrogens is 416 g/mol. The lowest BCUT2D eigenvalue weighted by atomic mass is 9.94. The van der Waals surface area contributed by atoms with Gasteiger partial charge in [0.25, 0.3) is 0 Å². The van der Waals surface area contributed by atoms with Crippen molar-refractivity contribution in [2.24, 2.45) is 0 Å². The highest BCUT2D eigenvalue weighted by Crippen LogP contribution is 2.41. The molecule has 34 heavy (non-hydrogen) atoms. The molecule has 7 rings (SSSR count). The van der Waals surface area contributed by atoms with Gasteiger partial charge in [-0.3, -0.25) is 0 Å². The van der Waals surface area contributed by atoms with Gasteiger partial charge in [0.1, 0.15) is 5.58 Å². The molecular formula is C32H20O2. The topological polar surface area (TPSA) is 30.2 Å². The van der Waals surface area contributed by atoms with Crippen molar-refractivity contribution in [1.82, 2.24) is 0 Å². The second-order valence-corrected chi connectivity index (χ2v) is 8.89. The van der Waals surface area contributed by atoms with Gasteiger partial charge in [-0.1, -0.05) is 91.0 Å². The van der Waals surface area contributed by atoms with Crippen LogP contribution in [0.4, 0.5) is 0 Å². The van der Waals surface area contributed by atoms with Crippen molar-refractivity contribution in [3.63, 3.8) is 0 Å². The molecule has 0 amide bonds. The summed E-state index contributed by atoms with van der Waals surface area (Å²) in [5.74, 6) is 0. The SMILES string of the molecule is O=c1oc2cc(-c3ccc(-c4cccc5c4Cc4ccccc4-5)cc3)ccc2c2ccccc12. The van der Waals surface area contributed by atoms with Crippen LogP contribution in [0.5, 0.6) is 0 Å². The Morgan fingerprint density at radius 1 is 0.529 bits per heavy atom. The lowest BCUT2D eigenvalue weighted by Crippen LogP contribution is -1.99. The molecule has 0 fully saturated rings. The Balaban J connectivity index is 1.29. The van der Waals surface area contributed by atoms with Crippen LogP contribution in [0.1, 0.15) is 11.1 Å². The molecule has 0 saturated heterocycles. The van der Waals surface area contributed by atoms with E-state index in [-0.39, 0.29) is 5.63 Å². The Hall–Kier alpha value is -4.43. The van der Waals surface area contributed by atoms with Gasteiger partial charge in [0, 0.05) is 5.39 Å². The lowest BCUT2D eigenvalue weighted by Gasteiger charge is -2.10. The van der Waals surface area contributed by atoms with E-state index in [4.69, 9.17) is 4.42 Å². The highest BCUT2D eigenvalue weighted by molar-refractivity contribution is 6.05. The fraction of sp³-hybridized carbons (Fsp3) is 0.0312. The third kappa shape index (κ3) is 2.85. The first-order chi connectivity index (χ1) is 16.8. The minimum absolute atomic E-state index is 0.297. The van der Waals surface area contributed by atoms with Crippen molar-refractivity contribution in [1.29, 1.82) is 0 Å². The highest BCUT2D eigenvalue weighted by Gasteiger charge is 2.21. The molecule has 0 atom stereocenters. The maximum atomic E-state index is 12.5. The first-order valence-electron chi connectivity index (χ1n) is 11.5. The average molecular weight is 437 g/mol. The number of hydrogen-bond acceptors (Lipinski definition) is 2. The third-order valence-electron chi connectivity index (χ3n) is 7.00. The van der Waals surface area contributed by atoms with Crippen LogP contribution in [0.25, 0.3) is 55.1 Å². The number of benzene rings is 5. The number of rotatable bonds is 2. The van der Waals surface area contributed by atoms with Gasteiger partial charge in [0.2, 0.25) is 0 Å². The van der Waals surface area contributed by atoms with Crippen LogP contribution in [0.15, 0.2) is 118 Å². The third-order valence-corrected chi connectivity index (χ3v) is 7.00. The Labute approximate surface area is 196 Å². The summed E-state index contributed by atoms with van der Waals surface area (Å²) in [5.41, 5.74) is 10.4. The smallest absolute Gasteiger partial charge is 0.344 e. The van der Waals surface area contributed by atoms with Gasteiger partial charge in [-0.2, -0.15) is 0 Å². The first kappa shape index (κ1) is 19.1. The Morgan fingerprint density at radius 2 is 1.21 bits per heavy atom. The van der Waals surface area contributed by atoms with Crippen molar-refractivity contribution in [3.8, 4) is 33.4 Å². The molecule has 0 bridgehead atoms. The normalized spacial score (nSPS) is 12.1.